The summed E-state index contributed by atoms with van der Waals surface area (Å²) in [6.45, 7) is 1.05. The van der Waals surface area contributed by atoms with E-state index in [-0.39, 0.29) is 0 Å². The van der Waals surface area contributed by atoms with Gasteiger partial charge in [-0.2, -0.15) is 0 Å². The first kappa shape index (κ1) is 8.67. The second-order valence-electron chi connectivity index (χ2n) is 3.85. The molecule has 0 saturated carbocycles. The molecule has 3 heterocycles. The molecule has 1 unspecified atom stereocenters. The van der Waals surface area contributed by atoms with Gasteiger partial charge in [-0.15, -0.1) is 5.10 Å². The number of pyridine rings is 1. The third-order valence-electron chi connectivity index (χ3n) is 2.78. The van der Waals surface area contributed by atoms with Crippen molar-refractivity contribution in [2.75, 3.05) is 12.3 Å². The highest BCUT2D eigenvalue weighted by Gasteiger charge is 2.20. The molecule has 5 heteroatoms. The van der Waals surface area contributed by atoms with Crippen LogP contribution in [0.4, 0.5) is 5.69 Å². The molecule has 5 nitrogen and oxygen atoms in total. The second kappa shape index (κ2) is 3.20. The molecule has 15 heavy (non-hydrogen) atoms. The van der Waals surface area contributed by atoms with Crippen LogP contribution in [0.1, 0.15) is 24.7 Å². The maximum absolute atomic E-state index is 5.82. The van der Waals surface area contributed by atoms with E-state index in [1.165, 1.54) is 6.42 Å². The Morgan fingerprint density at radius 3 is 3.20 bits per heavy atom. The summed E-state index contributed by atoms with van der Waals surface area (Å²) < 4.78 is 1.74. The highest BCUT2D eigenvalue weighted by Crippen LogP contribution is 2.21. The van der Waals surface area contributed by atoms with Gasteiger partial charge in [-0.25, -0.2) is 9.50 Å². The van der Waals surface area contributed by atoms with E-state index in [4.69, 9.17) is 5.73 Å². The van der Waals surface area contributed by atoms with Gasteiger partial charge in [0.15, 0.2) is 11.5 Å². The number of fused-ring (bicyclic) bond motifs is 1. The number of rotatable bonds is 1. The monoisotopic (exact) mass is 203 g/mol. The van der Waals surface area contributed by atoms with E-state index in [1.54, 1.807) is 4.52 Å². The van der Waals surface area contributed by atoms with Crippen LogP contribution in [0.5, 0.6) is 0 Å². The van der Waals surface area contributed by atoms with Crippen LogP contribution in [0.25, 0.3) is 5.65 Å². The number of nitrogens with two attached hydrogens (primary N) is 1. The van der Waals surface area contributed by atoms with E-state index in [0.29, 0.717) is 11.7 Å². The second-order valence-corrected chi connectivity index (χ2v) is 3.85. The fourth-order valence-corrected chi connectivity index (χ4v) is 2.00. The average molecular weight is 203 g/mol. The maximum Gasteiger partial charge on any atom is 0.178 e. The quantitative estimate of drug-likeness (QED) is 0.717. The topological polar surface area (TPSA) is 68.2 Å². The number of nitrogens with zero attached hydrogens (tertiary/aromatic N) is 3. The van der Waals surface area contributed by atoms with Crippen LogP contribution in [-0.4, -0.2) is 21.1 Å². The van der Waals surface area contributed by atoms with Gasteiger partial charge < -0.3 is 11.1 Å². The molecule has 1 aliphatic rings. The maximum atomic E-state index is 5.82. The smallest absolute Gasteiger partial charge is 0.178 e. The molecule has 1 saturated heterocycles. The van der Waals surface area contributed by atoms with Crippen LogP contribution in [0.3, 0.4) is 0 Å². The largest absolute Gasteiger partial charge is 0.396 e. The molecule has 78 valence electrons. The Labute approximate surface area is 87.3 Å². The van der Waals surface area contributed by atoms with E-state index < -0.39 is 0 Å². The minimum Gasteiger partial charge on any atom is -0.396 e. The summed E-state index contributed by atoms with van der Waals surface area (Å²) in [5.74, 6) is 0.852. The molecule has 1 aliphatic heterocycles. The summed E-state index contributed by atoms with van der Waals surface area (Å²) in [6, 6.07) is 4.02. The van der Waals surface area contributed by atoms with Gasteiger partial charge in [0.25, 0.3) is 0 Å². The van der Waals surface area contributed by atoms with Crippen LogP contribution < -0.4 is 11.1 Å². The Kier molecular flexibility index (Phi) is 1.85. The van der Waals surface area contributed by atoms with Crippen molar-refractivity contribution in [1.82, 2.24) is 19.9 Å². The van der Waals surface area contributed by atoms with E-state index in [2.05, 4.69) is 15.4 Å². The standard InChI is InChI=1S/C10H13N5/c11-7-3-2-6-15-10(7)13-9(14-15)8-4-1-5-12-8/h2-3,6,8,12H,1,4-5,11H2. The molecule has 2 aromatic heterocycles. The van der Waals surface area contributed by atoms with Crippen molar-refractivity contribution in [3.05, 3.63) is 24.2 Å². The van der Waals surface area contributed by atoms with Crippen molar-refractivity contribution in [3.8, 4) is 0 Å². The molecule has 0 bridgehead atoms. The molecule has 0 radical (unpaired) electrons. The normalized spacial score (nSPS) is 21.2. The minimum absolute atomic E-state index is 0.296. The molecule has 3 N–H and O–H groups in total. The van der Waals surface area contributed by atoms with Gasteiger partial charge in [0.05, 0.1) is 11.7 Å². The molecule has 3 rings (SSSR count). The van der Waals surface area contributed by atoms with Crippen LogP contribution in [0.2, 0.25) is 0 Å². The predicted octanol–water partition coefficient (Wildman–Crippen LogP) is 0.736. The molecule has 1 fully saturated rings. The number of hydrogen-bond donors (Lipinski definition) is 2. The van der Waals surface area contributed by atoms with Crippen LogP contribution in [0.15, 0.2) is 18.3 Å². The molecule has 1 atom stereocenters. The third-order valence-corrected chi connectivity index (χ3v) is 2.78. The van der Waals surface area contributed by atoms with Gasteiger partial charge in [0.1, 0.15) is 0 Å². The van der Waals surface area contributed by atoms with Crippen molar-refractivity contribution in [1.29, 1.82) is 0 Å². The van der Waals surface area contributed by atoms with Gasteiger partial charge in [0.2, 0.25) is 0 Å². The summed E-state index contributed by atoms with van der Waals surface area (Å²) >= 11 is 0. The zero-order valence-corrected chi connectivity index (χ0v) is 8.35. The highest BCUT2D eigenvalue weighted by molar-refractivity contribution is 5.63. The lowest BCUT2D eigenvalue weighted by Gasteiger charge is -2.02. The van der Waals surface area contributed by atoms with E-state index in [1.807, 2.05) is 18.3 Å². The lowest BCUT2D eigenvalue weighted by molar-refractivity contribution is 0.604. The summed E-state index contributed by atoms with van der Waals surface area (Å²) in [5, 5.41) is 7.79. The Bertz CT molecular complexity index is 484. The Balaban J connectivity index is 2.09. The van der Waals surface area contributed by atoms with Crippen LogP contribution >= 0.6 is 0 Å². The summed E-state index contributed by atoms with van der Waals surface area (Å²) in [7, 11) is 0. The first-order valence-electron chi connectivity index (χ1n) is 5.19. The number of nitrogen functional groups attached to an aromatic ring is 1. The minimum atomic E-state index is 0.296. The molecule has 0 aliphatic carbocycles. The van der Waals surface area contributed by atoms with Crippen molar-refractivity contribution in [3.63, 3.8) is 0 Å². The lowest BCUT2D eigenvalue weighted by atomic mass is 10.2. The number of hydrogen-bond acceptors (Lipinski definition) is 4. The van der Waals surface area contributed by atoms with Crippen molar-refractivity contribution in [2.45, 2.75) is 18.9 Å². The Morgan fingerprint density at radius 1 is 1.53 bits per heavy atom. The van der Waals surface area contributed by atoms with Gasteiger partial charge >= 0.3 is 0 Å². The summed E-state index contributed by atoms with van der Waals surface area (Å²) in [4.78, 5) is 4.46. The van der Waals surface area contributed by atoms with Gasteiger partial charge in [0, 0.05) is 6.20 Å². The molecular formula is C10H13N5. The average Bonchev–Trinajstić information content (AvgIpc) is 2.86. The van der Waals surface area contributed by atoms with E-state index in [9.17, 15) is 0 Å². The van der Waals surface area contributed by atoms with E-state index in [0.717, 1.165) is 24.4 Å². The first-order chi connectivity index (χ1) is 7.34. The number of anilines is 1. The molecular weight excluding hydrogens is 190 g/mol. The van der Waals surface area contributed by atoms with Gasteiger partial charge in [-0.1, -0.05) is 0 Å². The lowest BCUT2D eigenvalue weighted by Crippen LogP contribution is -2.14. The number of nitrogens with one attached hydrogen (secondary N) is 1. The SMILES string of the molecule is Nc1cccn2nc(C3CCCN3)nc12. The van der Waals surface area contributed by atoms with Gasteiger partial charge in [-0.3, -0.25) is 0 Å². The fourth-order valence-electron chi connectivity index (χ4n) is 2.00. The van der Waals surface area contributed by atoms with Crippen LogP contribution in [0, 0.1) is 0 Å². The summed E-state index contributed by atoms with van der Waals surface area (Å²) in [6.07, 6.45) is 4.17. The predicted molar refractivity (Wildman–Crippen MR) is 57.4 cm³/mol. The summed E-state index contributed by atoms with van der Waals surface area (Å²) in [5.41, 5.74) is 7.25. The van der Waals surface area contributed by atoms with Gasteiger partial charge in [-0.05, 0) is 31.5 Å². The highest BCUT2D eigenvalue weighted by atomic mass is 15.3. The van der Waals surface area contributed by atoms with Crippen molar-refractivity contribution < 1.29 is 0 Å². The Hall–Kier alpha value is -1.62. The first-order valence-corrected chi connectivity index (χ1v) is 5.19. The van der Waals surface area contributed by atoms with Crippen molar-refractivity contribution >= 4 is 11.3 Å². The molecule has 0 spiro atoms. The fraction of sp³-hybridized carbons (Fsp3) is 0.400. The van der Waals surface area contributed by atoms with E-state index >= 15 is 0 Å². The van der Waals surface area contributed by atoms with Crippen LogP contribution in [-0.2, 0) is 0 Å². The molecule has 0 aromatic carbocycles. The third kappa shape index (κ3) is 1.35. The van der Waals surface area contributed by atoms with Crippen molar-refractivity contribution in [2.24, 2.45) is 0 Å². The molecule has 0 amide bonds. The zero-order chi connectivity index (χ0) is 10.3. The number of aromatic nitrogens is 3. The Morgan fingerprint density at radius 2 is 2.47 bits per heavy atom. The molecule has 2 aromatic rings. The zero-order valence-electron chi connectivity index (χ0n) is 8.35.